The van der Waals surface area contributed by atoms with E-state index in [1.807, 2.05) is 45.8 Å². The predicted molar refractivity (Wildman–Crippen MR) is 219 cm³/mol. The number of carbonyl (C=O) groups excluding carboxylic acids is 1. The summed E-state index contributed by atoms with van der Waals surface area (Å²) in [5.41, 5.74) is 2.34. The number of ether oxygens (including phenoxy) is 1. The minimum Gasteiger partial charge on any atom is -0.508 e. The molecule has 0 unspecified atom stereocenters. The highest BCUT2D eigenvalue weighted by molar-refractivity contribution is 7.12. The first-order valence-electron chi connectivity index (χ1n) is 19.6. The van der Waals surface area contributed by atoms with Gasteiger partial charge in [-0.1, -0.05) is 29.5 Å². The Hall–Kier alpha value is -5.17. The molecule has 1 aliphatic carbocycles. The summed E-state index contributed by atoms with van der Waals surface area (Å²) in [6, 6.07) is 18.1. The number of piperidine rings is 1. The number of hydrogen-bond acceptors (Lipinski definition) is 14. The van der Waals surface area contributed by atoms with Crippen LogP contribution in [-0.2, 0) is 44.4 Å². The van der Waals surface area contributed by atoms with E-state index in [2.05, 4.69) is 20.5 Å². The number of aliphatic hydroxyl groups is 3. The molecule has 15 nitrogen and oxygen atoms in total. The first-order valence-corrected chi connectivity index (χ1v) is 21.4. The molecule has 7 rings (SSSR count). The van der Waals surface area contributed by atoms with E-state index in [4.69, 9.17) is 24.5 Å². The third-order valence-electron chi connectivity index (χ3n) is 10.8. The van der Waals surface area contributed by atoms with E-state index in [-0.39, 0.29) is 23.9 Å². The van der Waals surface area contributed by atoms with Gasteiger partial charge in [-0.15, -0.1) is 27.8 Å². The first-order chi connectivity index (χ1) is 30.1. The van der Waals surface area contributed by atoms with Crippen LogP contribution in [0.25, 0.3) is 11.0 Å². The van der Waals surface area contributed by atoms with Gasteiger partial charge in [-0.25, -0.2) is 19.1 Å². The lowest BCUT2D eigenvalue weighted by Gasteiger charge is -2.51. The van der Waals surface area contributed by atoms with E-state index >= 15 is 0 Å². The number of carboxylic acids is 2. The Balaban J connectivity index is 0.000000477. The van der Waals surface area contributed by atoms with Gasteiger partial charge in [0.25, 0.3) is 0 Å². The Labute approximate surface area is 369 Å². The van der Waals surface area contributed by atoms with E-state index in [1.54, 1.807) is 24.3 Å². The zero-order valence-electron chi connectivity index (χ0n) is 33.8. The maximum absolute atomic E-state index is 13.3. The number of halogens is 6. The second-order valence-corrected chi connectivity index (χ2v) is 17.1. The van der Waals surface area contributed by atoms with Crippen molar-refractivity contribution in [3.05, 3.63) is 97.9 Å². The molecule has 2 aromatic carbocycles. The molecular weight excluding hydrogens is 901 g/mol. The molecule has 1 saturated heterocycles. The van der Waals surface area contributed by atoms with Crippen LogP contribution in [0.15, 0.2) is 71.4 Å². The largest absolute Gasteiger partial charge is 0.508 e. The summed E-state index contributed by atoms with van der Waals surface area (Å²) in [6.07, 6.45) is -6.26. The number of aromatic nitrogens is 3. The van der Waals surface area contributed by atoms with Crippen LogP contribution in [0.2, 0.25) is 0 Å². The molecule has 2 aliphatic rings. The Morgan fingerprint density at radius 2 is 1.48 bits per heavy atom. The average molecular weight is 946 g/mol. The fourth-order valence-corrected chi connectivity index (χ4v) is 9.04. The number of carbonyl (C=O) groups is 3. The summed E-state index contributed by atoms with van der Waals surface area (Å²) in [7, 11) is 0. The van der Waals surface area contributed by atoms with Crippen molar-refractivity contribution in [2.45, 2.75) is 82.0 Å². The van der Waals surface area contributed by atoms with Gasteiger partial charge >= 0.3 is 30.3 Å². The Morgan fingerprint density at radius 1 is 0.891 bits per heavy atom. The molecule has 5 aromatic rings. The molecule has 1 aliphatic heterocycles. The van der Waals surface area contributed by atoms with Crippen LogP contribution in [0.4, 0.5) is 26.3 Å². The minimum absolute atomic E-state index is 0.0130. The zero-order chi connectivity index (χ0) is 46.9. The molecule has 1 atom stereocenters. The van der Waals surface area contributed by atoms with Gasteiger partial charge in [0.15, 0.2) is 0 Å². The van der Waals surface area contributed by atoms with Crippen molar-refractivity contribution in [3.63, 3.8) is 0 Å². The molecule has 3 aromatic heterocycles. The van der Waals surface area contributed by atoms with E-state index in [9.17, 15) is 51.6 Å². The second-order valence-electron chi connectivity index (χ2n) is 15.2. The first kappa shape index (κ1) is 49.8. The lowest BCUT2D eigenvalue weighted by atomic mass is 9.61. The lowest BCUT2D eigenvalue weighted by molar-refractivity contribution is -0.193. The monoisotopic (exact) mass is 945 g/mol. The molecule has 0 radical (unpaired) electrons. The van der Waals surface area contributed by atoms with Gasteiger partial charge in [0.05, 0.1) is 28.0 Å². The van der Waals surface area contributed by atoms with Gasteiger partial charge in [-0.2, -0.15) is 26.3 Å². The van der Waals surface area contributed by atoms with E-state index in [0.717, 1.165) is 74.9 Å². The number of aliphatic carboxylic acids is 2. The molecule has 23 heteroatoms. The molecule has 0 amide bonds. The number of esters is 1. The van der Waals surface area contributed by atoms with Crippen LogP contribution in [0.1, 0.15) is 64.7 Å². The normalized spacial score (nSPS) is 16.0. The number of thiophene rings is 2. The minimum atomic E-state index is -5.08. The number of phenols is 1. The van der Waals surface area contributed by atoms with Crippen molar-refractivity contribution in [2.75, 3.05) is 26.2 Å². The number of nitrogens with zero attached hydrogens (tertiary/aromatic N) is 4. The molecule has 64 heavy (non-hydrogen) atoms. The van der Waals surface area contributed by atoms with Crippen molar-refractivity contribution in [2.24, 2.45) is 5.41 Å². The summed E-state index contributed by atoms with van der Waals surface area (Å²) in [5, 5.41) is 71.3. The van der Waals surface area contributed by atoms with Crippen LogP contribution < -0.4 is 5.32 Å². The van der Waals surface area contributed by atoms with E-state index < -0.39 is 42.0 Å². The number of aromatic hydroxyl groups is 1. The number of benzene rings is 2. The van der Waals surface area contributed by atoms with Crippen molar-refractivity contribution < 1.29 is 76.1 Å². The number of carboxylic acid groups (broad SMARTS) is 2. The van der Waals surface area contributed by atoms with Crippen molar-refractivity contribution in [1.29, 1.82) is 0 Å². The quantitative estimate of drug-likeness (QED) is 0.0504. The number of aliphatic hydroxyl groups excluding tert-OH is 2. The molecule has 4 heterocycles. The third-order valence-corrected chi connectivity index (χ3v) is 12.8. The zero-order valence-corrected chi connectivity index (χ0v) is 35.4. The van der Waals surface area contributed by atoms with Crippen LogP contribution >= 0.6 is 22.7 Å². The number of rotatable bonds is 14. The fraction of sp³-hybridized carbons (Fsp3) is 0.439. The Morgan fingerprint density at radius 3 is 2.02 bits per heavy atom. The number of likely N-dealkylation sites (tertiary alicyclic amines) is 1. The number of hydrogen-bond donors (Lipinski definition) is 7. The standard InChI is InChI=1S/C37H43N5O6S2.2C2HF3O2/c43-24-27-19-26(7-9-31(27)44)32(45)23-38-22-25-6-8-30-29(18-25)39-40-42(30)13-3-12-41-14-10-36(11-15-41)20-28(21-36)48-35(46)37(47,33-4-1-16-49-33)34-5-2-17-50-34;2*3-2(4,5)1(6)7/h1-2,4-9,16-19,28,32,38,43-45,47H,3,10-15,20-24H2;2*(H,6,7)/t32-;;/m0../s1. The lowest BCUT2D eigenvalue weighted by Crippen LogP contribution is -2.52. The topological polar surface area (TPSA) is 228 Å². The SMILES string of the molecule is O=C(O)C(F)(F)F.O=C(O)C(F)(F)F.O=C(OC1CC2(CCN(CCCn3nnc4cc(CNC[C@H](O)c5ccc(O)c(CO)c5)ccc43)CC2)C1)C(O)(c1cccs1)c1cccs1. The number of alkyl halides is 6. The molecule has 1 spiro atoms. The van der Waals surface area contributed by atoms with Crippen molar-refractivity contribution >= 4 is 51.6 Å². The molecule has 7 N–H and O–H groups in total. The highest BCUT2D eigenvalue weighted by atomic mass is 32.1. The number of fused-ring (bicyclic) bond motifs is 1. The maximum Gasteiger partial charge on any atom is 0.490 e. The van der Waals surface area contributed by atoms with E-state index in [1.165, 1.54) is 28.7 Å². The van der Waals surface area contributed by atoms with Crippen molar-refractivity contribution in [1.82, 2.24) is 25.2 Å². The second kappa shape index (κ2) is 21.2. The van der Waals surface area contributed by atoms with Gasteiger partial charge in [0.2, 0.25) is 5.60 Å². The summed E-state index contributed by atoms with van der Waals surface area (Å²) >= 11 is 2.73. The average Bonchev–Trinajstić information content (AvgIpc) is 4.05. The Bertz CT molecular complexity index is 2250. The predicted octanol–water partition coefficient (Wildman–Crippen LogP) is 5.96. The van der Waals surface area contributed by atoms with Gasteiger partial charge in [-0.3, -0.25) is 0 Å². The van der Waals surface area contributed by atoms with E-state index in [0.29, 0.717) is 34.0 Å². The van der Waals surface area contributed by atoms with Gasteiger partial charge in [0, 0.05) is 25.2 Å². The number of nitrogens with one attached hydrogen (secondary N) is 1. The maximum atomic E-state index is 13.3. The highest BCUT2D eigenvalue weighted by Gasteiger charge is 2.51. The summed E-state index contributed by atoms with van der Waals surface area (Å²) in [4.78, 5) is 34.8. The van der Waals surface area contributed by atoms with Crippen LogP contribution in [0.3, 0.4) is 0 Å². The van der Waals surface area contributed by atoms with Crippen LogP contribution in [-0.4, -0.2) is 113 Å². The van der Waals surface area contributed by atoms with Crippen molar-refractivity contribution in [3.8, 4) is 5.75 Å². The highest BCUT2D eigenvalue weighted by Crippen LogP contribution is 2.51. The fourth-order valence-electron chi connectivity index (χ4n) is 7.32. The van der Waals surface area contributed by atoms with Gasteiger partial charge < -0.3 is 45.6 Å². The molecule has 2 fully saturated rings. The van der Waals surface area contributed by atoms with Gasteiger partial charge in [-0.05, 0) is 115 Å². The molecule has 1 saturated carbocycles. The molecular formula is C41H45F6N5O10S2. The smallest absolute Gasteiger partial charge is 0.490 e. The van der Waals surface area contributed by atoms with Gasteiger partial charge in [0.1, 0.15) is 17.4 Å². The molecule has 348 valence electrons. The summed E-state index contributed by atoms with van der Waals surface area (Å²) < 4.78 is 71.4. The van der Waals surface area contributed by atoms with Crippen LogP contribution in [0.5, 0.6) is 5.75 Å². The number of aryl methyl sites for hydroxylation is 1. The third kappa shape index (κ3) is 12.8. The summed E-state index contributed by atoms with van der Waals surface area (Å²) in [6.45, 7) is 4.39. The molecule has 0 bridgehead atoms. The van der Waals surface area contributed by atoms with Crippen LogP contribution in [0, 0.1) is 5.41 Å². The Kier molecular flexibility index (Phi) is 16.5. The summed E-state index contributed by atoms with van der Waals surface area (Å²) in [5.74, 6) is -6.08.